The smallest absolute Gasteiger partial charge is 0.255 e. The third-order valence-electron chi connectivity index (χ3n) is 5.62. The van der Waals surface area contributed by atoms with Gasteiger partial charge in [0.05, 0.1) is 16.6 Å². The average molecular weight is 399 g/mol. The summed E-state index contributed by atoms with van der Waals surface area (Å²) < 4.78 is 0. The van der Waals surface area contributed by atoms with Gasteiger partial charge in [-0.1, -0.05) is 86.7 Å². The Hall–Kier alpha value is -1.84. The van der Waals surface area contributed by atoms with Crippen LogP contribution in [0.15, 0.2) is 54.6 Å². The fourth-order valence-electron chi connectivity index (χ4n) is 3.99. The van der Waals surface area contributed by atoms with Gasteiger partial charge in [-0.15, -0.1) is 0 Å². The Bertz CT molecular complexity index is 749. The quantitative estimate of drug-likeness (QED) is 0.524. The van der Waals surface area contributed by atoms with Crippen molar-refractivity contribution in [2.24, 2.45) is 0 Å². The molecule has 0 spiro atoms. The molecule has 150 valence electrons. The lowest BCUT2D eigenvalue weighted by Crippen LogP contribution is -2.50. The van der Waals surface area contributed by atoms with Crippen LogP contribution in [0, 0.1) is 0 Å². The standard InChI is InChI=1S/C24H31ClN2O/c1-2-3-4-5-11-16-26-17-18-27(19-23(26)20-12-7-6-8-13-20)24(28)21-14-9-10-15-22(21)25/h6-10,12-15,23H,2-5,11,16-19H2,1H3. The van der Waals surface area contributed by atoms with Gasteiger partial charge in [0.15, 0.2) is 0 Å². The summed E-state index contributed by atoms with van der Waals surface area (Å²) >= 11 is 6.27. The Kier molecular flexibility index (Phi) is 7.93. The number of hydrogen-bond acceptors (Lipinski definition) is 2. The summed E-state index contributed by atoms with van der Waals surface area (Å²) in [6, 6.07) is 18.2. The van der Waals surface area contributed by atoms with Gasteiger partial charge in [-0.05, 0) is 30.7 Å². The van der Waals surface area contributed by atoms with Crippen LogP contribution in [-0.4, -0.2) is 41.9 Å². The number of amides is 1. The van der Waals surface area contributed by atoms with Gasteiger partial charge < -0.3 is 4.90 Å². The molecule has 4 heteroatoms. The summed E-state index contributed by atoms with van der Waals surface area (Å²) in [5.74, 6) is 0.0362. The van der Waals surface area contributed by atoms with E-state index in [0.717, 1.165) is 19.6 Å². The summed E-state index contributed by atoms with van der Waals surface area (Å²) in [6.07, 6.45) is 6.42. The molecule has 0 radical (unpaired) electrons. The molecule has 0 aliphatic carbocycles. The van der Waals surface area contributed by atoms with Gasteiger partial charge in [-0.2, -0.15) is 0 Å². The van der Waals surface area contributed by atoms with Crippen molar-refractivity contribution in [1.29, 1.82) is 0 Å². The van der Waals surface area contributed by atoms with Crippen LogP contribution in [0.25, 0.3) is 0 Å². The lowest BCUT2D eigenvalue weighted by atomic mass is 10.0. The minimum Gasteiger partial charge on any atom is -0.335 e. The van der Waals surface area contributed by atoms with Gasteiger partial charge in [-0.25, -0.2) is 0 Å². The van der Waals surface area contributed by atoms with E-state index in [1.54, 1.807) is 6.07 Å². The van der Waals surface area contributed by atoms with E-state index in [9.17, 15) is 4.79 Å². The first kappa shape index (κ1) is 20.9. The molecule has 1 fully saturated rings. The van der Waals surface area contributed by atoms with Crippen molar-refractivity contribution < 1.29 is 4.79 Å². The van der Waals surface area contributed by atoms with Crippen molar-refractivity contribution in [2.75, 3.05) is 26.2 Å². The SMILES string of the molecule is CCCCCCCN1CCN(C(=O)c2ccccc2Cl)CC1c1ccccc1. The number of carbonyl (C=O) groups is 1. The molecule has 28 heavy (non-hydrogen) atoms. The van der Waals surface area contributed by atoms with E-state index in [1.807, 2.05) is 29.2 Å². The molecule has 1 heterocycles. The summed E-state index contributed by atoms with van der Waals surface area (Å²) in [5, 5.41) is 0.530. The van der Waals surface area contributed by atoms with Gasteiger partial charge >= 0.3 is 0 Å². The minimum absolute atomic E-state index is 0.0362. The van der Waals surface area contributed by atoms with Crippen molar-refractivity contribution in [3.63, 3.8) is 0 Å². The second kappa shape index (κ2) is 10.6. The zero-order valence-electron chi connectivity index (χ0n) is 16.8. The maximum Gasteiger partial charge on any atom is 0.255 e. The van der Waals surface area contributed by atoms with Crippen molar-refractivity contribution in [3.05, 3.63) is 70.7 Å². The third-order valence-corrected chi connectivity index (χ3v) is 5.95. The molecule has 1 amide bonds. The monoisotopic (exact) mass is 398 g/mol. The molecular weight excluding hydrogens is 368 g/mol. The van der Waals surface area contributed by atoms with Crippen LogP contribution in [0.2, 0.25) is 5.02 Å². The lowest BCUT2D eigenvalue weighted by molar-refractivity contribution is 0.0474. The van der Waals surface area contributed by atoms with E-state index >= 15 is 0 Å². The number of piperazine rings is 1. The van der Waals surface area contributed by atoms with Crippen LogP contribution in [0.5, 0.6) is 0 Å². The van der Waals surface area contributed by atoms with E-state index < -0.39 is 0 Å². The van der Waals surface area contributed by atoms with Gasteiger partial charge in [0.25, 0.3) is 5.91 Å². The number of hydrogen-bond donors (Lipinski definition) is 0. The maximum atomic E-state index is 13.1. The fraction of sp³-hybridized carbons (Fsp3) is 0.458. The second-order valence-electron chi connectivity index (χ2n) is 7.61. The highest BCUT2D eigenvalue weighted by Crippen LogP contribution is 2.28. The van der Waals surface area contributed by atoms with Crippen LogP contribution >= 0.6 is 11.6 Å². The fourth-order valence-corrected chi connectivity index (χ4v) is 4.20. The first-order valence-electron chi connectivity index (χ1n) is 10.5. The van der Waals surface area contributed by atoms with Crippen LogP contribution in [0.4, 0.5) is 0 Å². The highest BCUT2D eigenvalue weighted by atomic mass is 35.5. The van der Waals surface area contributed by atoms with Crippen molar-refractivity contribution >= 4 is 17.5 Å². The Balaban J connectivity index is 1.70. The summed E-state index contributed by atoms with van der Waals surface area (Å²) in [6.45, 7) is 5.72. The van der Waals surface area contributed by atoms with Crippen LogP contribution in [0.3, 0.4) is 0 Å². The van der Waals surface area contributed by atoms with E-state index in [-0.39, 0.29) is 11.9 Å². The van der Waals surface area contributed by atoms with Crippen LogP contribution in [-0.2, 0) is 0 Å². The molecule has 2 aromatic rings. The molecule has 0 bridgehead atoms. The summed E-state index contributed by atoms with van der Waals surface area (Å²) in [7, 11) is 0. The third kappa shape index (κ3) is 5.36. The number of benzene rings is 2. The van der Waals surface area contributed by atoms with Crippen LogP contribution in [0.1, 0.15) is 61.0 Å². The molecule has 1 unspecified atom stereocenters. The van der Waals surface area contributed by atoms with Crippen LogP contribution < -0.4 is 0 Å². The topological polar surface area (TPSA) is 23.6 Å². The molecular formula is C24H31ClN2O. The number of carbonyl (C=O) groups excluding carboxylic acids is 1. The highest BCUT2D eigenvalue weighted by Gasteiger charge is 2.31. The average Bonchev–Trinajstić information content (AvgIpc) is 2.74. The van der Waals surface area contributed by atoms with Gasteiger partial charge in [0.2, 0.25) is 0 Å². The van der Waals surface area contributed by atoms with Crippen molar-refractivity contribution in [3.8, 4) is 0 Å². The Labute approximate surface area is 174 Å². The molecule has 3 rings (SSSR count). The zero-order valence-corrected chi connectivity index (χ0v) is 17.6. The number of rotatable bonds is 8. The molecule has 3 nitrogen and oxygen atoms in total. The van der Waals surface area contributed by atoms with Gasteiger partial charge in [0.1, 0.15) is 0 Å². The molecule has 0 aromatic heterocycles. The molecule has 2 aromatic carbocycles. The minimum atomic E-state index is 0.0362. The molecule has 1 aliphatic rings. The first-order chi connectivity index (χ1) is 13.7. The lowest BCUT2D eigenvalue weighted by Gasteiger charge is -2.42. The highest BCUT2D eigenvalue weighted by molar-refractivity contribution is 6.33. The Morgan fingerprint density at radius 3 is 2.43 bits per heavy atom. The first-order valence-corrected chi connectivity index (χ1v) is 10.9. The molecule has 0 saturated carbocycles. The number of halogens is 1. The Morgan fingerprint density at radius 2 is 1.68 bits per heavy atom. The molecule has 1 atom stereocenters. The predicted octanol–water partition coefficient (Wildman–Crippen LogP) is 5.81. The Morgan fingerprint density at radius 1 is 0.964 bits per heavy atom. The predicted molar refractivity (Wildman–Crippen MR) is 117 cm³/mol. The van der Waals surface area contributed by atoms with Crippen molar-refractivity contribution in [2.45, 2.75) is 45.1 Å². The molecule has 1 saturated heterocycles. The van der Waals surface area contributed by atoms with E-state index in [2.05, 4.69) is 36.1 Å². The van der Waals surface area contributed by atoms with Gasteiger partial charge in [-0.3, -0.25) is 9.69 Å². The van der Waals surface area contributed by atoms with Crippen molar-refractivity contribution in [1.82, 2.24) is 9.80 Å². The van der Waals surface area contributed by atoms with Gasteiger partial charge in [0, 0.05) is 19.6 Å². The van der Waals surface area contributed by atoms with E-state index in [1.165, 1.54) is 37.7 Å². The second-order valence-corrected chi connectivity index (χ2v) is 8.01. The summed E-state index contributed by atoms with van der Waals surface area (Å²) in [5.41, 5.74) is 1.89. The van der Waals surface area contributed by atoms with E-state index in [4.69, 9.17) is 11.6 Å². The largest absolute Gasteiger partial charge is 0.335 e. The number of nitrogens with zero attached hydrogens (tertiary/aromatic N) is 2. The normalized spacial score (nSPS) is 17.6. The summed E-state index contributed by atoms with van der Waals surface area (Å²) in [4.78, 5) is 17.6. The zero-order chi connectivity index (χ0) is 19.8. The molecule has 1 aliphatic heterocycles. The molecule has 0 N–H and O–H groups in total. The maximum absolute atomic E-state index is 13.1. The number of unbranched alkanes of at least 4 members (excludes halogenated alkanes) is 4. The van der Waals surface area contributed by atoms with E-state index in [0.29, 0.717) is 17.1 Å².